The van der Waals surface area contributed by atoms with Gasteiger partial charge in [-0.1, -0.05) is 24.3 Å². The van der Waals surface area contributed by atoms with Crippen LogP contribution >= 0.6 is 0 Å². The minimum absolute atomic E-state index is 0.0359. The highest BCUT2D eigenvalue weighted by Gasteiger charge is 2.49. The molecule has 0 saturated heterocycles. The number of allylic oxidation sites excluding steroid dienone is 4. The number of carbonyl (C=O) groups is 2. The van der Waals surface area contributed by atoms with Gasteiger partial charge in [0.2, 0.25) is 0 Å². The van der Waals surface area contributed by atoms with E-state index in [4.69, 9.17) is 0 Å². The molecule has 0 aromatic heterocycles. The lowest BCUT2D eigenvalue weighted by atomic mass is 9.78. The number of carboxylic acid groups (broad SMARTS) is 2. The van der Waals surface area contributed by atoms with E-state index in [0.717, 1.165) is 12.2 Å². The van der Waals surface area contributed by atoms with Crippen LogP contribution in [-0.2, 0) is 9.59 Å². The molecule has 26 heavy (non-hydrogen) atoms. The predicted molar refractivity (Wildman–Crippen MR) is 87.6 cm³/mol. The van der Waals surface area contributed by atoms with Crippen LogP contribution in [0.15, 0.2) is 53.8 Å². The van der Waals surface area contributed by atoms with Gasteiger partial charge in [-0.2, -0.15) is 0 Å². The second kappa shape index (κ2) is 6.97. The smallest absolute Gasteiger partial charge is 0.325 e. The molecule has 0 amide bonds. The molecule has 1 aliphatic rings. The molecule has 0 heterocycles. The maximum Gasteiger partial charge on any atom is 0.325 e. The van der Waals surface area contributed by atoms with Crippen molar-refractivity contribution in [3.63, 3.8) is 0 Å². The zero-order chi connectivity index (χ0) is 19.5. The van der Waals surface area contributed by atoms with Gasteiger partial charge in [0, 0.05) is 11.6 Å². The number of nitro benzene ring substituents is 1. The Bertz CT molecular complexity index is 883. The second-order valence-corrected chi connectivity index (χ2v) is 5.40. The molecule has 1 aliphatic carbocycles. The first kappa shape index (κ1) is 18.5. The van der Waals surface area contributed by atoms with E-state index >= 15 is 0 Å². The monoisotopic (exact) mass is 360 g/mol. The lowest BCUT2D eigenvalue weighted by Gasteiger charge is -2.23. The number of carboxylic acids is 2. The molecule has 1 aromatic rings. The van der Waals surface area contributed by atoms with Gasteiger partial charge >= 0.3 is 11.9 Å². The molecule has 2 rings (SSSR count). The summed E-state index contributed by atoms with van der Waals surface area (Å²) in [5.41, 5.74) is -3.09. The fourth-order valence-electron chi connectivity index (χ4n) is 2.43. The molecule has 0 unspecified atom stereocenters. The number of nitro groups is 2. The van der Waals surface area contributed by atoms with Crippen LogP contribution in [0.25, 0.3) is 6.08 Å². The standard InChI is InChI=1S/C16H12N2O8/c19-14(20)16(15(21)22)8-7-11(13(9-16)18(25)26)6-5-10-3-1-2-4-12(10)17(23)24/h1-8H,9H2,(H,19,20)(H,21,22). The van der Waals surface area contributed by atoms with Crippen LogP contribution in [0, 0.1) is 25.6 Å². The first-order valence-electron chi connectivity index (χ1n) is 7.14. The highest BCUT2D eigenvalue weighted by atomic mass is 16.6. The quantitative estimate of drug-likeness (QED) is 0.443. The van der Waals surface area contributed by atoms with E-state index in [9.17, 15) is 40.0 Å². The average Bonchev–Trinajstić information content (AvgIpc) is 2.59. The maximum atomic E-state index is 11.3. The van der Waals surface area contributed by atoms with Crippen molar-refractivity contribution in [2.24, 2.45) is 5.41 Å². The Morgan fingerprint density at radius 1 is 1.04 bits per heavy atom. The fraction of sp³-hybridized carbons (Fsp3) is 0.125. The van der Waals surface area contributed by atoms with Crippen molar-refractivity contribution in [1.29, 1.82) is 0 Å². The number of hydrogen-bond donors (Lipinski definition) is 2. The summed E-state index contributed by atoms with van der Waals surface area (Å²) in [4.78, 5) is 43.4. The molecule has 0 atom stereocenters. The summed E-state index contributed by atoms with van der Waals surface area (Å²) in [6, 6.07) is 5.71. The molecular weight excluding hydrogens is 348 g/mol. The van der Waals surface area contributed by atoms with E-state index < -0.39 is 39.3 Å². The minimum atomic E-state index is -2.43. The summed E-state index contributed by atoms with van der Waals surface area (Å²) in [5.74, 6) is -3.44. The molecule has 134 valence electrons. The van der Waals surface area contributed by atoms with Gasteiger partial charge in [-0.3, -0.25) is 29.8 Å². The summed E-state index contributed by atoms with van der Waals surface area (Å²) in [5, 5.41) is 40.6. The Labute approximate surface area is 145 Å². The Balaban J connectivity index is 2.48. The highest BCUT2D eigenvalue weighted by molar-refractivity contribution is 6.01. The number of aliphatic carboxylic acids is 2. The largest absolute Gasteiger partial charge is 0.480 e. The van der Waals surface area contributed by atoms with E-state index in [2.05, 4.69) is 0 Å². The molecule has 10 nitrogen and oxygen atoms in total. The minimum Gasteiger partial charge on any atom is -0.480 e. The predicted octanol–water partition coefficient (Wildman–Crippen LogP) is 2.25. The third-order valence-electron chi connectivity index (χ3n) is 3.89. The van der Waals surface area contributed by atoms with Crippen LogP contribution in [-0.4, -0.2) is 32.0 Å². The van der Waals surface area contributed by atoms with Crippen molar-refractivity contribution < 1.29 is 29.6 Å². The molecule has 0 spiro atoms. The lowest BCUT2D eigenvalue weighted by molar-refractivity contribution is -0.430. The molecular formula is C16H12N2O8. The Kier molecular flexibility index (Phi) is 4.96. The Hall–Kier alpha value is -3.82. The van der Waals surface area contributed by atoms with Crippen LogP contribution in [0.3, 0.4) is 0 Å². The van der Waals surface area contributed by atoms with Gasteiger partial charge in [0.15, 0.2) is 5.41 Å². The van der Waals surface area contributed by atoms with Crippen molar-refractivity contribution in [3.8, 4) is 0 Å². The molecule has 0 bridgehead atoms. The van der Waals surface area contributed by atoms with E-state index in [1.807, 2.05) is 0 Å². The van der Waals surface area contributed by atoms with E-state index in [0.29, 0.717) is 0 Å². The third kappa shape index (κ3) is 3.34. The highest BCUT2D eigenvalue weighted by Crippen LogP contribution is 2.36. The van der Waals surface area contributed by atoms with Gasteiger partial charge in [0.1, 0.15) is 0 Å². The normalized spacial score (nSPS) is 15.8. The number of benzene rings is 1. The number of rotatable bonds is 6. The molecule has 1 aromatic carbocycles. The number of para-hydroxylation sites is 1. The summed E-state index contributed by atoms with van der Waals surface area (Å²) < 4.78 is 0. The van der Waals surface area contributed by atoms with Gasteiger partial charge < -0.3 is 10.2 Å². The molecule has 2 N–H and O–H groups in total. The summed E-state index contributed by atoms with van der Waals surface area (Å²) >= 11 is 0. The van der Waals surface area contributed by atoms with Gasteiger partial charge in [0.25, 0.3) is 11.4 Å². The van der Waals surface area contributed by atoms with Crippen molar-refractivity contribution in [3.05, 3.63) is 79.6 Å². The lowest BCUT2D eigenvalue weighted by Crippen LogP contribution is -2.40. The van der Waals surface area contributed by atoms with Crippen LogP contribution in [0.4, 0.5) is 5.69 Å². The van der Waals surface area contributed by atoms with Crippen molar-refractivity contribution in [2.45, 2.75) is 6.42 Å². The van der Waals surface area contributed by atoms with E-state index in [1.54, 1.807) is 6.07 Å². The third-order valence-corrected chi connectivity index (χ3v) is 3.89. The van der Waals surface area contributed by atoms with Crippen molar-refractivity contribution in [1.82, 2.24) is 0 Å². The van der Waals surface area contributed by atoms with Gasteiger partial charge in [-0.25, -0.2) is 0 Å². The average molecular weight is 360 g/mol. The van der Waals surface area contributed by atoms with Gasteiger partial charge in [0.05, 0.1) is 21.8 Å². The summed E-state index contributed by atoms with van der Waals surface area (Å²) in [6.45, 7) is 0. The molecule has 10 heteroatoms. The second-order valence-electron chi connectivity index (χ2n) is 5.40. The van der Waals surface area contributed by atoms with Crippen LogP contribution in [0.2, 0.25) is 0 Å². The van der Waals surface area contributed by atoms with Crippen LogP contribution in [0.1, 0.15) is 12.0 Å². The zero-order valence-electron chi connectivity index (χ0n) is 13.1. The maximum absolute atomic E-state index is 11.3. The number of nitrogens with zero attached hydrogens (tertiary/aromatic N) is 2. The van der Waals surface area contributed by atoms with Crippen LogP contribution in [0.5, 0.6) is 0 Å². The number of hydrogen-bond acceptors (Lipinski definition) is 6. The molecule has 0 radical (unpaired) electrons. The van der Waals surface area contributed by atoms with Crippen molar-refractivity contribution in [2.75, 3.05) is 0 Å². The zero-order valence-corrected chi connectivity index (χ0v) is 13.1. The SMILES string of the molecule is O=C(O)C1(C(=O)O)C=CC(C=Cc2ccccc2[N+](=O)[O-])=C([N+](=O)[O-])C1. The Morgan fingerprint density at radius 2 is 1.65 bits per heavy atom. The first-order chi connectivity index (χ1) is 12.2. The van der Waals surface area contributed by atoms with Crippen molar-refractivity contribution >= 4 is 23.7 Å². The van der Waals surface area contributed by atoms with Crippen LogP contribution < -0.4 is 0 Å². The topological polar surface area (TPSA) is 161 Å². The van der Waals surface area contributed by atoms with Gasteiger partial charge in [-0.05, 0) is 18.2 Å². The Morgan fingerprint density at radius 3 is 2.19 bits per heavy atom. The van der Waals surface area contributed by atoms with E-state index in [-0.39, 0.29) is 16.8 Å². The summed E-state index contributed by atoms with van der Waals surface area (Å²) in [7, 11) is 0. The van der Waals surface area contributed by atoms with Gasteiger partial charge in [-0.15, -0.1) is 0 Å². The molecule has 0 aliphatic heterocycles. The first-order valence-corrected chi connectivity index (χ1v) is 7.14. The fourth-order valence-corrected chi connectivity index (χ4v) is 2.43. The summed E-state index contributed by atoms with van der Waals surface area (Å²) in [6.07, 6.45) is 3.52. The molecule has 0 saturated carbocycles. The molecule has 0 fully saturated rings. The van der Waals surface area contributed by atoms with E-state index in [1.165, 1.54) is 30.4 Å².